The van der Waals surface area contributed by atoms with Crippen molar-refractivity contribution in [3.05, 3.63) is 86.1 Å². The first kappa shape index (κ1) is 19.4. The molecule has 0 saturated heterocycles. The quantitative estimate of drug-likeness (QED) is 0.414. The van der Waals surface area contributed by atoms with Gasteiger partial charge in [-0.05, 0) is 72.6 Å². The van der Waals surface area contributed by atoms with Crippen LogP contribution >= 0.6 is 27.5 Å². The number of carbonyl (C=O) groups excluding carboxylic acids is 1. The van der Waals surface area contributed by atoms with Crippen LogP contribution in [0.2, 0.25) is 5.02 Å². The Balaban J connectivity index is 1.85. The van der Waals surface area contributed by atoms with Crippen molar-refractivity contribution in [2.45, 2.75) is 20.8 Å². The molecule has 0 saturated carbocycles. The molecule has 1 amide bonds. The van der Waals surface area contributed by atoms with Gasteiger partial charge in [0.2, 0.25) is 0 Å². The van der Waals surface area contributed by atoms with E-state index in [0.29, 0.717) is 10.6 Å². The summed E-state index contributed by atoms with van der Waals surface area (Å²) in [5, 5.41) is 4.82. The van der Waals surface area contributed by atoms with Gasteiger partial charge in [0.1, 0.15) is 0 Å². The molecular weight excluding hydrogens is 426 g/mol. The Hall–Kier alpha value is -2.37. The molecule has 0 atom stereocenters. The van der Waals surface area contributed by atoms with Gasteiger partial charge in [0, 0.05) is 32.1 Å². The Morgan fingerprint density at radius 1 is 1.15 bits per heavy atom. The number of nitrogens with one attached hydrogen (secondary N) is 1. The highest BCUT2D eigenvalue weighted by Crippen LogP contribution is 2.25. The fourth-order valence-corrected chi connectivity index (χ4v) is 3.61. The van der Waals surface area contributed by atoms with Gasteiger partial charge in [0.05, 0.1) is 11.8 Å². The zero-order valence-electron chi connectivity index (χ0n) is 15.3. The van der Waals surface area contributed by atoms with Gasteiger partial charge in [-0.15, -0.1) is 0 Å². The highest BCUT2D eigenvalue weighted by Gasteiger charge is 2.12. The first-order valence-electron chi connectivity index (χ1n) is 8.42. The molecular formula is C21H19BrClN3O. The molecule has 0 spiro atoms. The number of aromatic nitrogens is 1. The zero-order chi connectivity index (χ0) is 19.6. The fourth-order valence-electron chi connectivity index (χ4n) is 2.98. The Morgan fingerprint density at radius 3 is 2.63 bits per heavy atom. The monoisotopic (exact) mass is 443 g/mol. The van der Waals surface area contributed by atoms with E-state index in [9.17, 15) is 4.79 Å². The molecule has 0 unspecified atom stereocenters. The maximum atomic E-state index is 12.2. The number of amides is 1. The summed E-state index contributed by atoms with van der Waals surface area (Å²) in [6.07, 6.45) is 1.66. The molecule has 1 heterocycles. The van der Waals surface area contributed by atoms with Gasteiger partial charge in [-0.25, -0.2) is 5.43 Å². The largest absolute Gasteiger partial charge is 0.318 e. The van der Waals surface area contributed by atoms with E-state index in [1.54, 1.807) is 12.3 Å². The fraction of sp³-hybridized carbons (Fsp3) is 0.143. The van der Waals surface area contributed by atoms with Gasteiger partial charge in [0.25, 0.3) is 5.91 Å². The van der Waals surface area contributed by atoms with E-state index in [0.717, 1.165) is 32.7 Å². The second-order valence-corrected chi connectivity index (χ2v) is 7.56. The number of hydrazone groups is 1. The average Bonchev–Trinajstić information content (AvgIpc) is 2.91. The lowest BCUT2D eigenvalue weighted by Crippen LogP contribution is -2.18. The van der Waals surface area contributed by atoms with Crippen LogP contribution < -0.4 is 5.43 Å². The summed E-state index contributed by atoms with van der Waals surface area (Å²) in [6, 6.07) is 15.1. The first-order chi connectivity index (χ1) is 12.9. The number of carbonyl (C=O) groups is 1. The number of benzene rings is 2. The van der Waals surface area contributed by atoms with Crippen LogP contribution in [0.15, 0.2) is 58.1 Å². The minimum Gasteiger partial charge on any atom is -0.318 e. The summed E-state index contributed by atoms with van der Waals surface area (Å²) < 4.78 is 2.87. The summed E-state index contributed by atoms with van der Waals surface area (Å²) in [7, 11) is 0. The highest BCUT2D eigenvalue weighted by atomic mass is 79.9. The van der Waals surface area contributed by atoms with Crippen LogP contribution in [0, 0.1) is 20.8 Å². The molecule has 2 aromatic carbocycles. The molecule has 138 valence electrons. The normalized spacial score (nSPS) is 11.1. The number of nitrogens with zero attached hydrogens (tertiary/aromatic N) is 2. The molecule has 6 heteroatoms. The van der Waals surface area contributed by atoms with Gasteiger partial charge in [-0.1, -0.05) is 29.8 Å². The van der Waals surface area contributed by atoms with Crippen LogP contribution in [0.5, 0.6) is 0 Å². The van der Waals surface area contributed by atoms with Crippen molar-refractivity contribution in [3.8, 4) is 5.69 Å². The molecule has 0 bridgehead atoms. The van der Waals surface area contributed by atoms with Crippen molar-refractivity contribution in [1.29, 1.82) is 0 Å². The summed E-state index contributed by atoms with van der Waals surface area (Å²) in [5.41, 5.74) is 8.30. The second kappa shape index (κ2) is 8.11. The smallest absolute Gasteiger partial charge is 0.272 e. The van der Waals surface area contributed by atoms with E-state index in [1.165, 1.54) is 0 Å². The summed E-state index contributed by atoms with van der Waals surface area (Å²) in [4.78, 5) is 12.2. The second-order valence-electron chi connectivity index (χ2n) is 6.27. The molecule has 0 aliphatic carbocycles. The van der Waals surface area contributed by atoms with Crippen molar-refractivity contribution >= 4 is 39.7 Å². The van der Waals surface area contributed by atoms with Crippen molar-refractivity contribution in [1.82, 2.24) is 9.99 Å². The number of hydrogen-bond acceptors (Lipinski definition) is 2. The van der Waals surface area contributed by atoms with E-state index in [2.05, 4.69) is 37.9 Å². The van der Waals surface area contributed by atoms with E-state index >= 15 is 0 Å². The maximum Gasteiger partial charge on any atom is 0.272 e. The lowest BCUT2D eigenvalue weighted by Gasteiger charge is -2.13. The molecule has 1 N–H and O–H groups in total. The molecule has 0 aliphatic rings. The van der Waals surface area contributed by atoms with Crippen LogP contribution in [0.4, 0.5) is 0 Å². The van der Waals surface area contributed by atoms with E-state index in [1.807, 2.05) is 56.3 Å². The molecule has 3 aromatic rings. The molecule has 1 aromatic heterocycles. The molecule has 27 heavy (non-hydrogen) atoms. The van der Waals surface area contributed by atoms with Gasteiger partial charge >= 0.3 is 0 Å². The molecule has 0 radical (unpaired) electrons. The molecule has 0 aliphatic heterocycles. The van der Waals surface area contributed by atoms with Crippen LogP contribution in [0.1, 0.15) is 32.9 Å². The van der Waals surface area contributed by atoms with E-state index < -0.39 is 0 Å². The Kier molecular flexibility index (Phi) is 5.82. The maximum absolute atomic E-state index is 12.2. The summed E-state index contributed by atoms with van der Waals surface area (Å²) >= 11 is 9.55. The predicted octanol–water partition coefficient (Wildman–Crippen LogP) is 5.58. The predicted molar refractivity (Wildman–Crippen MR) is 114 cm³/mol. The lowest BCUT2D eigenvalue weighted by molar-refractivity contribution is 0.0954. The number of aryl methyl sites for hydroxylation is 2. The number of halogens is 2. The van der Waals surface area contributed by atoms with Gasteiger partial charge in [-0.2, -0.15) is 5.10 Å². The third-order valence-corrected chi connectivity index (χ3v) is 5.30. The van der Waals surface area contributed by atoms with Crippen molar-refractivity contribution in [2.75, 3.05) is 0 Å². The number of rotatable bonds is 4. The minimum atomic E-state index is -0.266. The van der Waals surface area contributed by atoms with E-state index in [4.69, 9.17) is 11.6 Å². The van der Waals surface area contributed by atoms with Gasteiger partial charge < -0.3 is 4.57 Å². The highest BCUT2D eigenvalue weighted by molar-refractivity contribution is 9.10. The average molecular weight is 445 g/mol. The zero-order valence-corrected chi connectivity index (χ0v) is 17.6. The third kappa shape index (κ3) is 4.15. The Morgan fingerprint density at radius 2 is 1.89 bits per heavy atom. The van der Waals surface area contributed by atoms with Crippen LogP contribution in [0.3, 0.4) is 0 Å². The molecule has 3 rings (SSSR count). The van der Waals surface area contributed by atoms with E-state index in [-0.39, 0.29) is 5.91 Å². The van der Waals surface area contributed by atoms with Gasteiger partial charge in [0.15, 0.2) is 0 Å². The summed E-state index contributed by atoms with van der Waals surface area (Å²) in [5.74, 6) is -0.266. The van der Waals surface area contributed by atoms with Crippen LogP contribution in [0.25, 0.3) is 5.69 Å². The Bertz CT molecular complexity index is 1040. The first-order valence-corrected chi connectivity index (χ1v) is 9.59. The molecule has 4 nitrogen and oxygen atoms in total. The third-order valence-electron chi connectivity index (χ3n) is 4.37. The minimum absolute atomic E-state index is 0.266. The summed E-state index contributed by atoms with van der Waals surface area (Å²) in [6.45, 7) is 6.10. The lowest BCUT2D eigenvalue weighted by atomic mass is 10.2. The standard InChI is InChI=1S/C21H19BrClN3O/c1-13-8-9-17(23)11-20(13)26-14(2)10-16(15(26)3)12-24-25-21(27)18-6-4-5-7-19(18)22/h4-12H,1-3H3,(H,25,27)/b24-12-. The topological polar surface area (TPSA) is 46.4 Å². The SMILES string of the molecule is Cc1ccc(Cl)cc1-n1c(C)cc(/C=N\NC(=O)c2ccccc2Br)c1C. The van der Waals surface area contributed by atoms with Crippen LogP contribution in [-0.2, 0) is 0 Å². The Labute approximate surface area is 172 Å². The molecule has 0 fully saturated rings. The van der Waals surface area contributed by atoms with Crippen molar-refractivity contribution in [2.24, 2.45) is 5.10 Å². The number of hydrogen-bond donors (Lipinski definition) is 1. The van der Waals surface area contributed by atoms with Crippen molar-refractivity contribution in [3.63, 3.8) is 0 Å². The van der Waals surface area contributed by atoms with Crippen molar-refractivity contribution < 1.29 is 4.79 Å². The van der Waals surface area contributed by atoms with Gasteiger partial charge in [-0.3, -0.25) is 4.79 Å². The van der Waals surface area contributed by atoms with Crippen LogP contribution in [-0.4, -0.2) is 16.7 Å².